The summed E-state index contributed by atoms with van der Waals surface area (Å²) in [6.07, 6.45) is 0. The average molecular weight is 316 g/mol. The quantitative estimate of drug-likeness (QED) is 0.685. The highest BCUT2D eigenvalue weighted by Crippen LogP contribution is 2.25. The number of hydrogen-bond acceptors (Lipinski definition) is 2. The molecule has 3 rings (SSSR count). The highest BCUT2D eigenvalue weighted by Gasteiger charge is 2.12. The van der Waals surface area contributed by atoms with Crippen LogP contribution in [0.25, 0.3) is 17.1 Å². The average Bonchev–Trinajstić information content (AvgIpc) is 2.81. The summed E-state index contributed by atoms with van der Waals surface area (Å²) in [4.78, 5) is 0. The third kappa shape index (κ3) is 2.64. The maximum atomic E-state index is 6.08. The molecule has 0 atom stereocenters. The van der Waals surface area contributed by atoms with Gasteiger partial charge in [0.1, 0.15) is 0 Å². The second-order valence-corrected chi connectivity index (χ2v) is 5.81. The first-order valence-corrected chi connectivity index (χ1v) is 7.36. The van der Waals surface area contributed by atoms with Crippen molar-refractivity contribution < 1.29 is 0 Å². The maximum absolute atomic E-state index is 6.08. The van der Waals surface area contributed by atoms with Crippen LogP contribution in [0, 0.1) is 18.6 Å². The predicted molar refractivity (Wildman–Crippen MR) is 88.7 cm³/mol. The van der Waals surface area contributed by atoms with Crippen LogP contribution < -0.4 is 0 Å². The summed E-state index contributed by atoms with van der Waals surface area (Å²) >= 11 is 11.5. The van der Waals surface area contributed by atoms with E-state index in [1.165, 1.54) is 5.56 Å². The van der Waals surface area contributed by atoms with Crippen molar-refractivity contribution in [3.63, 3.8) is 0 Å². The van der Waals surface area contributed by atoms with E-state index >= 15 is 0 Å². The highest BCUT2D eigenvalue weighted by molar-refractivity contribution is 7.71. The molecule has 0 radical (unpaired) electrons. The lowest BCUT2D eigenvalue weighted by molar-refractivity contribution is 1.02. The number of halogens is 1. The van der Waals surface area contributed by atoms with Gasteiger partial charge in [-0.2, -0.15) is 5.10 Å². The van der Waals surface area contributed by atoms with E-state index in [2.05, 4.69) is 42.2 Å². The van der Waals surface area contributed by atoms with Crippen molar-refractivity contribution in [2.24, 2.45) is 0 Å². The van der Waals surface area contributed by atoms with Crippen molar-refractivity contribution in [3.8, 4) is 17.1 Å². The SMILES string of the molecule is Cc1ccc(-n2c(-c3cccc(Cl)c3)n[nH]c2=S)c(C)c1. The number of hydrogen-bond donors (Lipinski definition) is 1. The molecule has 2 aromatic carbocycles. The van der Waals surface area contributed by atoms with Gasteiger partial charge in [-0.3, -0.25) is 9.67 Å². The van der Waals surface area contributed by atoms with Gasteiger partial charge in [0.15, 0.2) is 10.6 Å². The Labute approximate surface area is 133 Å². The molecule has 0 saturated carbocycles. The molecule has 3 aromatic rings. The minimum atomic E-state index is 0.567. The normalized spacial score (nSPS) is 10.8. The highest BCUT2D eigenvalue weighted by atomic mass is 35.5. The van der Waals surface area contributed by atoms with Crippen LogP contribution in [0.2, 0.25) is 5.02 Å². The smallest absolute Gasteiger partial charge is 0.200 e. The molecule has 0 aliphatic heterocycles. The Kier molecular flexibility index (Phi) is 3.66. The zero-order valence-electron chi connectivity index (χ0n) is 11.7. The van der Waals surface area contributed by atoms with Crippen LogP contribution in [0.5, 0.6) is 0 Å². The van der Waals surface area contributed by atoms with Crippen LogP contribution in [-0.4, -0.2) is 14.8 Å². The Morgan fingerprint density at radius 3 is 2.67 bits per heavy atom. The number of nitrogens with zero attached hydrogens (tertiary/aromatic N) is 2. The Bertz CT molecular complexity index is 864. The summed E-state index contributed by atoms with van der Waals surface area (Å²) in [6, 6.07) is 13.9. The van der Waals surface area contributed by atoms with Gasteiger partial charge in [-0.25, -0.2) is 0 Å². The molecule has 1 aromatic heterocycles. The van der Waals surface area contributed by atoms with Crippen molar-refractivity contribution in [3.05, 3.63) is 63.4 Å². The fraction of sp³-hybridized carbons (Fsp3) is 0.125. The van der Waals surface area contributed by atoms with Crippen molar-refractivity contribution in [2.45, 2.75) is 13.8 Å². The number of nitrogens with one attached hydrogen (secondary N) is 1. The van der Waals surface area contributed by atoms with E-state index < -0.39 is 0 Å². The largest absolute Gasteiger partial charge is 0.268 e. The molecule has 0 aliphatic rings. The van der Waals surface area contributed by atoms with E-state index in [4.69, 9.17) is 23.8 Å². The second kappa shape index (κ2) is 5.47. The Hall–Kier alpha value is -1.91. The van der Waals surface area contributed by atoms with E-state index in [-0.39, 0.29) is 0 Å². The van der Waals surface area contributed by atoms with Gasteiger partial charge in [-0.1, -0.05) is 41.4 Å². The zero-order chi connectivity index (χ0) is 15.0. The number of aryl methyl sites for hydroxylation is 2. The summed E-state index contributed by atoms with van der Waals surface area (Å²) in [5, 5.41) is 7.90. The lowest BCUT2D eigenvalue weighted by atomic mass is 10.1. The van der Waals surface area contributed by atoms with Crippen molar-refractivity contribution in [1.82, 2.24) is 14.8 Å². The Morgan fingerprint density at radius 1 is 1.14 bits per heavy atom. The number of H-pyrrole nitrogens is 1. The van der Waals surface area contributed by atoms with E-state index in [1.807, 2.05) is 28.8 Å². The summed E-state index contributed by atoms with van der Waals surface area (Å²) in [6.45, 7) is 4.14. The molecular weight excluding hydrogens is 302 g/mol. The van der Waals surface area contributed by atoms with Gasteiger partial charge < -0.3 is 0 Å². The van der Waals surface area contributed by atoms with Crippen molar-refractivity contribution in [2.75, 3.05) is 0 Å². The first-order chi connectivity index (χ1) is 10.1. The molecule has 5 heteroatoms. The van der Waals surface area contributed by atoms with Gasteiger partial charge >= 0.3 is 0 Å². The van der Waals surface area contributed by atoms with E-state index in [0.717, 1.165) is 22.6 Å². The van der Waals surface area contributed by atoms with Crippen LogP contribution in [0.3, 0.4) is 0 Å². The van der Waals surface area contributed by atoms with Gasteiger partial charge in [0.2, 0.25) is 0 Å². The Balaban J connectivity index is 2.25. The van der Waals surface area contributed by atoms with Crippen molar-refractivity contribution >= 4 is 23.8 Å². The molecule has 0 amide bonds. The lowest BCUT2D eigenvalue weighted by Gasteiger charge is -2.11. The van der Waals surface area contributed by atoms with Gasteiger partial charge in [0.05, 0.1) is 5.69 Å². The van der Waals surface area contributed by atoms with Crippen LogP contribution in [0.15, 0.2) is 42.5 Å². The number of aromatic amines is 1. The van der Waals surface area contributed by atoms with Gasteiger partial charge in [0.25, 0.3) is 0 Å². The molecule has 0 fully saturated rings. The molecule has 106 valence electrons. The number of rotatable bonds is 2. The number of benzene rings is 2. The molecule has 0 bridgehead atoms. The standard InChI is InChI=1S/C16H14ClN3S/c1-10-6-7-14(11(2)8-10)20-15(18-19-16(20)21)12-4-3-5-13(17)9-12/h3-9H,1-2H3,(H,19,21). The molecule has 3 nitrogen and oxygen atoms in total. The van der Waals surface area contributed by atoms with E-state index in [0.29, 0.717) is 9.79 Å². The fourth-order valence-corrected chi connectivity index (χ4v) is 2.82. The molecule has 0 unspecified atom stereocenters. The topological polar surface area (TPSA) is 33.6 Å². The predicted octanol–water partition coefficient (Wildman–Crippen LogP) is 4.87. The first kappa shape index (κ1) is 14.0. The van der Waals surface area contributed by atoms with Crippen molar-refractivity contribution in [1.29, 1.82) is 0 Å². The monoisotopic (exact) mass is 315 g/mol. The van der Waals surface area contributed by atoms with Crippen LogP contribution >= 0.6 is 23.8 Å². The molecule has 1 heterocycles. The first-order valence-electron chi connectivity index (χ1n) is 6.57. The van der Waals surface area contributed by atoms with Crippen LogP contribution in [0.4, 0.5) is 0 Å². The third-order valence-electron chi connectivity index (χ3n) is 3.35. The minimum Gasteiger partial charge on any atom is -0.268 e. The molecule has 0 aliphatic carbocycles. The Morgan fingerprint density at radius 2 is 1.95 bits per heavy atom. The molecule has 0 spiro atoms. The molecule has 0 saturated heterocycles. The minimum absolute atomic E-state index is 0.567. The molecule has 21 heavy (non-hydrogen) atoms. The summed E-state index contributed by atoms with van der Waals surface area (Å²) < 4.78 is 2.51. The lowest BCUT2D eigenvalue weighted by Crippen LogP contribution is -2.00. The number of aromatic nitrogens is 3. The van der Waals surface area contributed by atoms with Crippen LogP contribution in [0.1, 0.15) is 11.1 Å². The maximum Gasteiger partial charge on any atom is 0.200 e. The van der Waals surface area contributed by atoms with Gasteiger partial charge in [-0.05, 0) is 49.8 Å². The third-order valence-corrected chi connectivity index (χ3v) is 3.86. The second-order valence-electron chi connectivity index (χ2n) is 4.99. The zero-order valence-corrected chi connectivity index (χ0v) is 13.3. The van der Waals surface area contributed by atoms with Gasteiger partial charge in [0, 0.05) is 10.6 Å². The molecule has 1 N–H and O–H groups in total. The molecular formula is C16H14ClN3S. The van der Waals surface area contributed by atoms with Crippen LogP contribution in [-0.2, 0) is 0 Å². The van der Waals surface area contributed by atoms with E-state index in [9.17, 15) is 0 Å². The fourth-order valence-electron chi connectivity index (χ4n) is 2.40. The summed E-state index contributed by atoms with van der Waals surface area (Å²) in [5.41, 5.74) is 4.32. The summed E-state index contributed by atoms with van der Waals surface area (Å²) in [5.74, 6) is 0.759. The van der Waals surface area contributed by atoms with E-state index in [1.54, 1.807) is 0 Å². The van der Waals surface area contributed by atoms with Gasteiger partial charge in [-0.15, -0.1) is 0 Å². The summed E-state index contributed by atoms with van der Waals surface area (Å²) in [7, 11) is 0.